The van der Waals surface area contributed by atoms with Crippen LogP contribution in [0.4, 0.5) is 0 Å². The highest BCUT2D eigenvalue weighted by Gasteiger charge is 2.51. The first-order valence-electron chi connectivity index (χ1n) is 6.45. The Morgan fingerprint density at radius 2 is 2.36 bits per heavy atom. The number of fused-ring (bicyclic) bond motifs is 1. The highest BCUT2D eigenvalue weighted by Crippen LogP contribution is 2.40. The van der Waals surface area contributed by atoms with Crippen molar-refractivity contribution in [3.8, 4) is 0 Å². The molecule has 22 heavy (non-hydrogen) atoms. The smallest absolute Gasteiger partial charge is 0.352 e. The highest BCUT2D eigenvalue weighted by molar-refractivity contribution is 8.14. The minimum absolute atomic E-state index is 0.0483. The maximum absolute atomic E-state index is 11.8. The maximum atomic E-state index is 11.8. The summed E-state index contributed by atoms with van der Waals surface area (Å²) in [7, 11) is 0. The molecule has 2 atom stereocenters. The number of amides is 1. The molecule has 0 aliphatic carbocycles. The van der Waals surface area contributed by atoms with Crippen LogP contribution >= 0.6 is 23.5 Å². The number of hydroxylamine groups is 2. The van der Waals surface area contributed by atoms with Crippen molar-refractivity contribution in [2.45, 2.75) is 11.4 Å². The number of carbonyl (C=O) groups excluding carboxylic acids is 1. The standard InChI is InChI=1S/C12H14N4O4S2/c13-8-10(17)16-9(12(18)19)6(4-22-11(8)16)3-21-7-1-2-15(20)5-14-7/h1-2,8,11,20H,3-5,13H2,(H,18,19)/t8?,11-/m1/s1. The fourth-order valence-electron chi connectivity index (χ4n) is 2.34. The van der Waals surface area contributed by atoms with Gasteiger partial charge in [-0.05, 0) is 11.6 Å². The Bertz CT molecular complexity index is 618. The van der Waals surface area contributed by atoms with Gasteiger partial charge in [0.25, 0.3) is 0 Å². The number of rotatable bonds is 3. The van der Waals surface area contributed by atoms with Gasteiger partial charge in [-0.2, -0.15) is 0 Å². The van der Waals surface area contributed by atoms with Crippen molar-refractivity contribution in [1.82, 2.24) is 9.96 Å². The van der Waals surface area contributed by atoms with E-state index in [2.05, 4.69) is 4.99 Å². The average Bonchev–Trinajstić information content (AvgIpc) is 2.52. The van der Waals surface area contributed by atoms with Crippen LogP contribution in [0.1, 0.15) is 0 Å². The van der Waals surface area contributed by atoms with Gasteiger partial charge in [-0.1, -0.05) is 0 Å². The number of aliphatic carboxylic acids is 1. The number of hydrogen-bond donors (Lipinski definition) is 3. The predicted molar refractivity (Wildman–Crippen MR) is 83.3 cm³/mol. The molecule has 118 valence electrons. The van der Waals surface area contributed by atoms with E-state index in [0.29, 0.717) is 22.1 Å². The topological polar surface area (TPSA) is 119 Å². The molecule has 0 aromatic rings. The predicted octanol–water partition coefficient (Wildman–Crippen LogP) is -0.125. The van der Waals surface area contributed by atoms with Crippen molar-refractivity contribution in [2.75, 3.05) is 18.2 Å². The van der Waals surface area contributed by atoms with Gasteiger partial charge in [0.2, 0.25) is 5.91 Å². The SMILES string of the molecule is NC1C(=O)N2C(C(=O)O)=C(CSC3=NCN(O)C=C3)CS[C@H]12. The number of carboxylic acids is 1. The fraction of sp³-hybridized carbons (Fsp3) is 0.417. The van der Waals surface area contributed by atoms with Gasteiger partial charge in [-0.25, -0.2) is 9.86 Å². The van der Waals surface area contributed by atoms with Crippen LogP contribution in [-0.4, -0.2) is 66.8 Å². The molecule has 0 aromatic carbocycles. The fourth-order valence-corrected chi connectivity index (χ4v) is 4.63. The maximum Gasteiger partial charge on any atom is 0.352 e. The average molecular weight is 342 g/mol. The minimum atomic E-state index is -1.11. The summed E-state index contributed by atoms with van der Waals surface area (Å²) in [6, 6.07) is -0.616. The Hall–Kier alpha value is -1.49. The summed E-state index contributed by atoms with van der Waals surface area (Å²) in [5.41, 5.74) is 6.43. The molecule has 4 N–H and O–H groups in total. The lowest BCUT2D eigenvalue weighted by molar-refractivity contribution is -0.147. The molecule has 8 nitrogen and oxygen atoms in total. The molecule has 1 unspecified atom stereocenters. The van der Waals surface area contributed by atoms with E-state index < -0.39 is 12.0 Å². The van der Waals surface area contributed by atoms with Crippen LogP contribution in [0.5, 0.6) is 0 Å². The normalized spacial score (nSPS) is 27.5. The number of carboxylic acid groups (broad SMARTS) is 1. The number of thioether (sulfide) groups is 2. The van der Waals surface area contributed by atoms with Gasteiger partial charge in [-0.15, -0.1) is 23.5 Å². The first kappa shape index (κ1) is 15.4. The number of β-lactam (4-membered cyclic amide) rings is 1. The Balaban J connectivity index is 1.75. The molecule has 3 rings (SSSR count). The van der Waals surface area contributed by atoms with Crippen LogP contribution in [0.15, 0.2) is 28.5 Å². The molecular weight excluding hydrogens is 328 g/mol. The molecule has 1 amide bonds. The van der Waals surface area contributed by atoms with Gasteiger partial charge in [0.05, 0.1) is 5.04 Å². The van der Waals surface area contributed by atoms with Gasteiger partial charge in [-0.3, -0.25) is 19.9 Å². The van der Waals surface area contributed by atoms with Crippen molar-refractivity contribution < 1.29 is 19.9 Å². The third-order valence-electron chi connectivity index (χ3n) is 3.45. The minimum Gasteiger partial charge on any atom is -0.477 e. The molecule has 3 heterocycles. The number of nitrogens with zero attached hydrogens (tertiary/aromatic N) is 3. The van der Waals surface area contributed by atoms with E-state index in [1.54, 1.807) is 6.08 Å². The second kappa shape index (κ2) is 5.95. The van der Waals surface area contributed by atoms with Crippen LogP contribution in [0.3, 0.4) is 0 Å². The monoisotopic (exact) mass is 342 g/mol. The lowest BCUT2D eigenvalue weighted by Crippen LogP contribution is -2.68. The van der Waals surface area contributed by atoms with E-state index in [1.807, 2.05) is 0 Å². The zero-order valence-electron chi connectivity index (χ0n) is 11.4. The molecule has 10 heteroatoms. The van der Waals surface area contributed by atoms with E-state index >= 15 is 0 Å². The first-order valence-corrected chi connectivity index (χ1v) is 8.49. The van der Waals surface area contributed by atoms with Crippen molar-refractivity contribution in [2.24, 2.45) is 10.7 Å². The summed E-state index contributed by atoms with van der Waals surface area (Å²) in [6.07, 6.45) is 3.14. The molecule has 0 aromatic heterocycles. The number of nitrogens with two attached hydrogens (primary N) is 1. The third-order valence-corrected chi connectivity index (χ3v) is 5.86. The van der Waals surface area contributed by atoms with E-state index in [0.717, 1.165) is 5.06 Å². The Morgan fingerprint density at radius 1 is 1.59 bits per heavy atom. The van der Waals surface area contributed by atoms with Gasteiger partial charge in [0.1, 0.15) is 23.8 Å². The molecular formula is C12H14N4O4S2. The third kappa shape index (κ3) is 2.62. The summed E-state index contributed by atoms with van der Waals surface area (Å²) in [5.74, 6) is -0.499. The molecule has 0 bridgehead atoms. The van der Waals surface area contributed by atoms with Gasteiger partial charge in [0, 0.05) is 17.7 Å². The van der Waals surface area contributed by atoms with Gasteiger partial charge in [0.15, 0.2) is 0 Å². The van der Waals surface area contributed by atoms with Crippen LogP contribution in [0, 0.1) is 0 Å². The van der Waals surface area contributed by atoms with E-state index in [-0.39, 0.29) is 23.6 Å². The highest BCUT2D eigenvalue weighted by atomic mass is 32.2. The second-order valence-electron chi connectivity index (χ2n) is 4.87. The molecule has 0 saturated carbocycles. The van der Waals surface area contributed by atoms with Crippen LogP contribution < -0.4 is 5.73 Å². The summed E-state index contributed by atoms with van der Waals surface area (Å²) in [6.45, 7) is 0.153. The molecule has 3 aliphatic rings. The zero-order chi connectivity index (χ0) is 15.9. The second-order valence-corrected chi connectivity index (χ2v) is 6.98. The van der Waals surface area contributed by atoms with Crippen LogP contribution in [0.25, 0.3) is 0 Å². The van der Waals surface area contributed by atoms with E-state index in [9.17, 15) is 14.7 Å². The van der Waals surface area contributed by atoms with Gasteiger partial charge < -0.3 is 10.8 Å². The summed E-state index contributed by atoms with van der Waals surface area (Å²) in [4.78, 5) is 28.7. The Morgan fingerprint density at radius 3 is 3.00 bits per heavy atom. The largest absolute Gasteiger partial charge is 0.477 e. The Labute approximate surface area is 134 Å². The van der Waals surface area contributed by atoms with Crippen molar-refractivity contribution >= 4 is 40.4 Å². The zero-order valence-corrected chi connectivity index (χ0v) is 13.0. The molecule has 1 saturated heterocycles. The number of hydrogen-bond acceptors (Lipinski definition) is 8. The lowest BCUT2D eigenvalue weighted by atomic mass is 10.0. The number of carbonyl (C=O) groups is 2. The molecule has 0 spiro atoms. The summed E-state index contributed by atoms with van der Waals surface area (Å²) in [5, 5.41) is 20.0. The number of aliphatic imine (C=N–C) groups is 1. The van der Waals surface area contributed by atoms with Crippen LogP contribution in [0.2, 0.25) is 0 Å². The van der Waals surface area contributed by atoms with Crippen molar-refractivity contribution in [3.05, 3.63) is 23.5 Å². The van der Waals surface area contributed by atoms with E-state index in [4.69, 9.17) is 10.9 Å². The molecule has 3 aliphatic heterocycles. The first-order chi connectivity index (χ1) is 10.5. The molecule has 1 fully saturated rings. The quantitative estimate of drug-likeness (QED) is 0.607. The van der Waals surface area contributed by atoms with Crippen LogP contribution in [-0.2, 0) is 9.59 Å². The van der Waals surface area contributed by atoms with Crippen molar-refractivity contribution in [1.29, 1.82) is 0 Å². The van der Waals surface area contributed by atoms with Crippen molar-refractivity contribution in [3.63, 3.8) is 0 Å². The Kier molecular flexibility index (Phi) is 4.17. The molecule has 0 radical (unpaired) electrons. The van der Waals surface area contributed by atoms with Gasteiger partial charge >= 0.3 is 5.97 Å². The van der Waals surface area contributed by atoms with E-state index in [1.165, 1.54) is 34.6 Å². The summed E-state index contributed by atoms with van der Waals surface area (Å²) >= 11 is 2.86. The lowest BCUT2D eigenvalue weighted by Gasteiger charge is -2.48. The summed E-state index contributed by atoms with van der Waals surface area (Å²) < 4.78 is 0.